The van der Waals surface area contributed by atoms with Gasteiger partial charge < -0.3 is 25.2 Å². The van der Waals surface area contributed by atoms with E-state index in [1.54, 1.807) is 0 Å². The van der Waals surface area contributed by atoms with Gasteiger partial charge in [-0.3, -0.25) is 0 Å². The van der Waals surface area contributed by atoms with Crippen molar-refractivity contribution in [2.75, 3.05) is 20.1 Å². The number of likely N-dealkylation sites (N-methyl/N-ethyl adjacent to an activating group) is 1. The second kappa shape index (κ2) is 11.6. The predicted molar refractivity (Wildman–Crippen MR) is 136 cm³/mol. The molecule has 1 heterocycles. The highest BCUT2D eigenvalue weighted by molar-refractivity contribution is 5.65. The van der Waals surface area contributed by atoms with Crippen LogP contribution in [0.5, 0.6) is 0 Å². The standard InChI is InChI=1S/C29H34N2O3/c1-3-14-31(2)19-27-17-28(23-12-10-21(20-32)11-13-23)34-29(33-27)26-9-5-8-25(16-26)24-7-4-6-22(15-24)18-30/h3-13,15-16,27-29,32H,1,14,17-20,30H2,2H3. The van der Waals surface area contributed by atoms with Crippen molar-refractivity contribution in [1.82, 2.24) is 4.90 Å². The molecule has 0 radical (unpaired) electrons. The maximum Gasteiger partial charge on any atom is 0.184 e. The molecule has 1 saturated heterocycles. The third-order valence-corrected chi connectivity index (χ3v) is 6.23. The fourth-order valence-corrected chi connectivity index (χ4v) is 4.42. The maximum absolute atomic E-state index is 9.40. The van der Waals surface area contributed by atoms with Crippen molar-refractivity contribution >= 4 is 0 Å². The van der Waals surface area contributed by atoms with Gasteiger partial charge in [0.2, 0.25) is 0 Å². The summed E-state index contributed by atoms with van der Waals surface area (Å²) in [6.07, 6.45) is 2.10. The van der Waals surface area contributed by atoms with E-state index in [9.17, 15) is 5.11 Å². The molecule has 0 bridgehead atoms. The van der Waals surface area contributed by atoms with E-state index < -0.39 is 6.29 Å². The number of aliphatic hydroxyl groups excluding tert-OH is 1. The van der Waals surface area contributed by atoms with Crippen LogP contribution in [0.25, 0.3) is 11.1 Å². The van der Waals surface area contributed by atoms with Crippen LogP contribution in [0.1, 0.15) is 41.1 Å². The molecule has 3 unspecified atom stereocenters. The van der Waals surface area contributed by atoms with Crippen LogP contribution >= 0.6 is 0 Å². The summed E-state index contributed by atoms with van der Waals surface area (Å²) >= 11 is 0. The lowest BCUT2D eigenvalue weighted by Crippen LogP contribution is -2.37. The number of hydrogen-bond donors (Lipinski definition) is 2. The lowest BCUT2D eigenvalue weighted by molar-refractivity contribution is -0.252. The molecule has 0 aromatic heterocycles. The van der Waals surface area contributed by atoms with E-state index in [2.05, 4.69) is 48.9 Å². The summed E-state index contributed by atoms with van der Waals surface area (Å²) < 4.78 is 13.0. The van der Waals surface area contributed by atoms with E-state index in [-0.39, 0.29) is 18.8 Å². The van der Waals surface area contributed by atoms with Crippen LogP contribution in [0, 0.1) is 0 Å². The number of nitrogens with zero attached hydrogens (tertiary/aromatic N) is 1. The molecule has 178 valence electrons. The highest BCUT2D eigenvalue weighted by Gasteiger charge is 2.32. The molecule has 3 atom stereocenters. The van der Waals surface area contributed by atoms with Crippen LogP contribution in [-0.2, 0) is 22.6 Å². The smallest absolute Gasteiger partial charge is 0.184 e. The molecule has 3 aromatic carbocycles. The van der Waals surface area contributed by atoms with Crippen molar-refractivity contribution in [2.24, 2.45) is 5.73 Å². The SMILES string of the molecule is C=CCN(C)CC1CC(c2ccc(CO)cc2)OC(c2cccc(-c3cccc(CN)c3)c2)O1. The van der Waals surface area contributed by atoms with E-state index in [1.165, 1.54) is 0 Å². The van der Waals surface area contributed by atoms with Gasteiger partial charge in [0.15, 0.2) is 6.29 Å². The number of nitrogens with two attached hydrogens (primary N) is 1. The quantitative estimate of drug-likeness (QED) is 0.443. The van der Waals surface area contributed by atoms with E-state index >= 15 is 0 Å². The first kappa shape index (κ1) is 24.3. The van der Waals surface area contributed by atoms with Gasteiger partial charge >= 0.3 is 0 Å². The molecular weight excluding hydrogens is 424 g/mol. The molecular formula is C29H34N2O3. The Morgan fingerprint density at radius 2 is 1.71 bits per heavy atom. The number of benzene rings is 3. The largest absolute Gasteiger partial charge is 0.392 e. The molecule has 0 saturated carbocycles. The average Bonchev–Trinajstić information content (AvgIpc) is 2.89. The van der Waals surface area contributed by atoms with Crippen LogP contribution in [0.15, 0.2) is 85.5 Å². The summed E-state index contributed by atoms with van der Waals surface area (Å²) in [6.45, 7) is 5.98. The zero-order valence-corrected chi connectivity index (χ0v) is 19.8. The first-order valence-corrected chi connectivity index (χ1v) is 11.8. The van der Waals surface area contributed by atoms with Crippen molar-refractivity contribution in [2.45, 2.75) is 38.1 Å². The molecule has 34 heavy (non-hydrogen) atoms. The van der Waals surface area contributed by atoms with Crippen LogP contribution in [0.3, 0.4) is 0 Å². The minimum atomic E-state index is -0.476. The first-order valence-electron chi connectivity index (χ1n) is 11.8. The monoisotopic (exact) mass is 458 g/mol. The van der Waals surface area contributed by atoms with Gasteiger partial charge in [-0.25, -0.2) is 0 Å². The summed E-state index contributed by atoms with van der Waals surface area (Å²) in [7, 11) is 2.08. The molecule has 1 aliphatic heterocycles. The Labute approximate surface area is 202 Å². The normalized spacial score (nSPS) is 20.4. The second-order valence-electron chi connectivity index (χ2n) is 8.89. The molecule has 3 N–H and O–H groups in total. The third kappa shape index (κ3) is 6.00. The Kier molecular flexibility index (Phi) is 8.27. The van der Waals surface area contributed by atoms with Gasteiger partial charge in [0.05, 0.1) is 18.8 Å². The molecule has 3 aromatic rings. The Balaban J connectivity index is 1.61. The second-order valence-corrected chi connectivity index (χ2v) is 8.89. The van der Waals surface area contributed by atoms with Crippen LogP contribution in [0.4, 0.5) is 0 Å². The molecule has 5 heteroatoms. The number of aliphatic hydroxyl groups is 1. The van der Waals surface area contributed by atoms with Gasteiger partial charge in [0.1, 0.15) is 0 Å². The summed E-state index contributed by atoms with van der Waals surface area (Å²) in [6, 6.07) is 24.6. The lowest BCUT2D eigenvalue weighted by atomic mass is 9.98. The summed E-state index contributed by atoms with van der Waals surface area (Å²) in [5.41, 5.74) is 12.1. The van der Waals surface area contributed by atoms with Crippen molar-refractivity contribution in [3.8, 4) is 11.1 Å². The Morgan fingerprint density at radius 1 is 0.971 bits per heavy atom. The highest BCUT2D eigenvalue weighted by atomic mass is 16.7. The number of rotatable bonds is 9. The number of hydrogen-bond acceptors (Lipinski definition) is 5. The van der Waals surface area contributed by atoms with E-state index in [1.807, 2.05) is 48.5 Å². The summed E-state index contributed by atoms with van der Waals surface area (Å²) in [5, 5.41) is 9.40. The molecule has 1 fully saturated rings. The van der Waals surface area contributed by atoms with E-state index in [0.717, 1.165) is 52.9 Å². The molecule has 4 rings (SSSR count). The van der Waals surface area contributed by atoms with Gasteiger partial charge in [-0.1, -0.05) is 66.7 Å². The van der Waals surface area contributed by atoms with E-state index in [0.29, 0.717) is 6.54 Å². The fraction of sp³-hybridized carbons (Fsp3) is 0.310. The maximum atomic E-state index is 9.40. The molecule has 5 nitrogen and oxygen atoms in total. The van der Waals surface area contributed by atoms with E-state index in [4.69, 9.17) is 15.2 Å². The van der Waals surface area contributed by atoms with Gasteiger partial charge in [0.25, 0.3) is 0 Å². The van der Waals surface area contributed by atoms with Crippen molar-refractivity contribution < 1.29 is 14.6 Å². The Morgan fingerprint density at radius 3 is 2.41 bits per heavy atom. The molecule has 1 aliphatic rings. The zero-order chi connectivity index (χ0) is 23.9. The highest BCUT2D eigenvalue weighted by Crippen LogP contribution is 2.39. The molecule has 0 spiro atoms. The van der Waals surface area contributed by atoms with Crippen molar-refractivity contribution in [1.29, 1.82) is 0 Å². The van der Waals surface area contributed by atoms with Crippen LogP contribution < -0.4 is 5.73 Å². The van der Waals surface area contributed by atoms with Crippen LogP contribution in [0.2, 0.25) is 0 Å². The van der Waals surface area contributed by atoms with Crippen LogP contribution in [-0.4, -0.2) is 36.2 Å². The van der Waals surface area contributed by atoms with Crippen molar-refractivity contribution in [3.05, 3.63) is 108 Å². The third-order valence-electron chi connectivity index (χ3n) is 6.23. The van der Waals surface area contributed by atoms with Gasteiger partial charge in [-0.05, 0) is 47.0 Å². The van der Waals surface area contributed by atoms with Gasteiger partial charge in [-0.2, -0.15) is 0 Å². The Bertz CT molecular complexity index is 1080. The van der Waals surface area contributed by atoms with Crippen molar-refractivity contribution in [3.63, 3.8) is 0 Å². The topological polar surface area (TPSA) is 68.0 Å². The van der Waals surface area contributed by atoms with Gasteiger partial charge in [-0.15, -0.1) is 6.58 Å². The molecule has 0 amide bonds. The predicted octanol–water partition coefficient (Wildman–Crippen LogP) is 4.97. The Hall–Kier alpha value is -2.80. The van der Waals surface area contributed by atoms with Gasteiger partial charge in [0, 0.05) is 31.6 Å². The average molecular weight is 459 g/mol. The first-order chi connectivity index (χ1) is 16.6. The molecule has 0 aliphatic carbocycles. The minimum Gasteiger partial charge on any atom is -0.392 e. The summed E-state index contributed by atoms with van der Waals surface area (Å²) in [5.74, 6) is 0. The lowest BCUT2D eigenvalue weighted by Gasteiger charge is -2.37. The zero-order valence-electron chi connectivity index (χ0n) is 19.8. The minimum absolute atomic E-state index is 0.00967. The summed E-state index contributed by atoms with van der Waals surface area (Å²) in [4.78, 5) is 2.21. The fourth-order valence-electron chi connectivity index (χ4n) is 4.42. The number of ether oxygens (including phenoxy) is 2.